The van der Waals surface area contributed by atoms with E-state index in [1.54, 1.807) is 12.1 Å². The van der Waals surface area contributed by atoms with Crippen LogP contribution in [0.1, 0.15) is 32.3 Å². The zero-order chi connectivity index (χ0) is 17.6. The number of fused-ring (bicyclic) bond motifs is 1. The number of rotatable bonds is 2. The first-order chi connectivity index (χ1) is 11.2. The van der Waals surface area contributed by atoms with Gasteiger partial charge in [0.2, 0.25) is 0 Å². The zero-order valence-electron chi connectivity index (χ0n) is 13.5. The van der Waals surface area contributed by atoms with Crippen LogP contribution in [-0.4, -0.2) is 31.8 Å². The van der Waals surface area contributed by atoms with E-state index in [-0.39, 0.29) is 28.8 Å². The fourth-order valence-corrected chi connectivity index (χ4v) is 3.63. The van der Waals surface area contributed by atoms with Gasteiger partial charge in [0.05, 0.1) is 23.7 Å². The third-order valence-electron chi connectivity index (χ3n) is 4.65. The molecule has 0 N–H and O–H groups in total. The number of Topliss-reactive ketones (excluding diaryl/α,β-unsaturated/α-hetero) is 1. The van der Waals surface area contributed by atoms with E-state index < -0.39 is 18.4 Å². The van der Waals surface area contributed by atoms with Crippen LogP contribution in [0.15, 0.2) is 23.3 Å². The molecule has 0 spiro atoms. The van der Waals surface area contributed by atoms with Crippen LogP contribution in [0.2, 0.25) is 0 Å². The van der Waals surface area contributed by atoms with E-state index in [0.29, 0.717) is 17.7 Å². The number of hydrogen-bond donors (Lipinski definition) is 0. The minimum absolute atomic E-state index is 0.195. The molecular weight excluding hydrogens is 311 g/mol. The van der Waals surface area contributed by atoms with E-state index in [2.05, 4.69) is 5.10 Å². The van der Waals surface area contributed by atoms with E-state index >= 15 is 0 Å². The average Bonchev–Trinajstić information content (AvgIpc) is 2.85. The van der Waals surface area contributed by atoms with Gasteiger partial charge in [0.1, 0.15) is 19.3 Å². The smallest absolute Gasteiger partial charge is 0.279 e. The number of anilines is 1. The molecule has 24 heavy (non-hydrogen) atoms. The molecule has 7 heteroatoms. The van der Waals surface area contributed by atoms with Crippen molar-refractivity contribution in [2.45, 2.75) is 39.2 Å². The van der Waals surface area contributed by atoms with Crippen LogP contribution < -0.4 is 10.5 Å². The monoisotopic (exact) mass is 327 g/mol. The Morgan fingerprint density at radius 1 is 1.46 bits per heavy atom. The Morgan fingerprint density at radius 3 is 2.75 bits per heavy atom. The molecule has 0 bridgehead atoms. The molecular formula is C17H16BF2N3O. The van der Waals surface area contributed by atoms with Crippen molar-refractivity contribution in [1.82, 2.24) is 0 Å². The fraction of sp³-hybridized carbons (Fsp3) is 0.471. The second-order valence-corrected chi connectivity index (χ2v) is 7.11. The summed E-state index contributed by atoms with van der Waals surface area (Å²) in [5.74, 6) is -1.07. The molecule has 0 saturated heterocycles. The predicted octanol–water partition coefficient (Wildman–Crippen LogP) is 2.17. The van der Waals surface area contributed by atoms with Crippen LogP contribution in [0.5, 0.6) is 0 Å². The number of nitriles is 1. The Labute approximate surface area is 140 Å². The van der Waals surface area contributed by atoms with Crippen molar-refractivity contribution in [3.8, 4) is 6.07 Å². The van der Waals surface area contributed by atoms with Gasteiger partial charge in [-0.3, -0.25) is 9.80 Å². The summed E-state index contributed by atoms with van der Waals surface area (Å²) < 4.78 is 26.8. The number of benzene rings is 1. The highest BCUT2D eigenvalue weighted by atomic mass is 19.3. The average molecular weight is 327 g/mol. The minimum atomic E-state index is -2.77. The molecule has 4 nitrogen and oxygen atoms in total. The van der Waals surface area contributed by atoms with Gasteiger partial charge in [-0.2, -0.15) is 10.4 Å². The predicted molar refractivity (Wildman–Crippen MR) is 87.8 cm³/mol. The van der Waals surface area contributed by atoms with Gasteiger partial charge in [0.25, 0.3) is 6.43 Å². The molecule has 1 fully saturated rings. The summed E-state index contributed by atoms with van der Waals surface area (Å²) in [6.45, 7) is 3.90. The van der Waals surface area contributed by atoms with Crippen LogP contribution in [0.3, 0.4) is 0 Å². The number of carbonyl (C=O) groups is 1. The molecule has 0 aromatic heterocycles. The maximum absolute atomic E-state index is 13.4. The highest BCUT2D eigenvalue weighted by Gasteiger charge is 2.51. The molecule has 3 rings (SSSR count). The normalized spacial score (nSPS) is 25.4. The molecule has 122 valence electrons. The number of carbonyl (C=O) groups excluding carboxylic acids is 1. The summed E-state index contributed by atoms with van der Waals surface area (Å²) >= 11 is 0. The Bertz CT molecular complexity index is 770. The van der Waals surface area contributed by atoms with Crippen molar-refractivity contribution in [2.24, 2.45) is 16.4 Å². The zero-order valence-corrected chi connectivity index (χ0v) is 13.5. The second-order valence-electron chi connectivity index (χ2n) is 7.11. The first-order valence-electron chi connectivity index (χ1n) is 7.71. The lowest BCUT2D eigenvalue weighted by Crippen LogP contribution is -2.47. The summed E-state index contributed by atoms with van der Waals surface area (Å²) in [4.78, 5) is 12.4. The summed E-state index contributed by atoms with van der Waals surface area (Å²) in [6.07, 6.45) is -1.94. The number of hydrogen-bond acceptors (Lipinski definition) is 4. The summed E-state index contributed by atoms with van der Waals surface area (Å²) in [6, 6.07) is 6.21. The molecule has 1 aromatic carbocycles. The van der Waals surface area contributed by atoms with E-state index in [0.717, 1.165) is 0 Å². The Kier molecular flexibility index (Phi) is 3.94. The molecule has 1 aromatic rings. The van der Waals surface area contributed by atoms with Gasteiger partial charge in [0, 0.05) is 12.0 Å². The molecule has 1 saturated carbocycles. The second kappa shape index (κ2) is 5.69. The van der Waals surface area contributed by atoms with E-state index in [1.165, 1.54) is 11.1 Å². The largest absolute Gasteiger partial charge is 0.299 e. The third-order valence-corrected chi connectivity index (χ3v) is 4.65. The SMILES string of the molecule is [B]c1cc(N2N=C(C(F)F)C3C(=O)CC(C)(C)CC32)ccc1C#N. The van der Waals surface area contributed by atoms with Crippen LogP contribution in [0, 0.1) is 22.7 Å². The molecule has 0 amide bonds. The van der Waals surface area contributed by atoms with Crippen LogP contribution in [0.4, 0.5) is 14.5 Å². The van der Waals surface area contributed by atoms with Gasteiger partial charge in [-0.1, -0.05) is 19.3 Å². The van der Waals surface area contributed by atoms with Gasteiger partial charge in [0.15, 0.2) is 0 Å². The number of hydrazone groups is 1. The number of alkyl halides is 2. The van der Waals surface area contributed by atoms with Crippen LogP contribution >= 0.6 is 0 Å². The maximum atomic E-state index is 13.4. The molecule has 2 radical (unpaired) electrons. The Balaban J connectivity index is 2.05. The highest BCUT2D eigenvalue weighted by molar-refractivity contribution is 6.34. The van der Waals surface area contributed by atoms with Gasteiger partial charge in [-0.05, 0) is 30.0 Å². The third kappa shape index (κ3) is 2.70. The fourth-order valence-electron chi connectivity index (χ4n) is 3.63. The van der Waals surface area contributed by atoms with E-state index in [1.807, 2.05) is 19.9 Å². The Hall–Kier alpha value is -2.23. The molecule has 1 aliphatic heterocycles. The van der Waals surface area contributed by atoms with Gasteiger partial charge in [-0.25, -0.2) is 8.78 Å². The molecule has 1 heterocycles. The molecule has 1 aliphatic carbocycles. The standard InChI is InChI=1S/C17H16BF2N3O/c1-17(2)6-12-14(13(24)7-17)15(16(19)20)22-23(12)10-4-3-9(8-21)11(18)5-10/h3-5,12,14,16H,6-7H2,1-2H3. The lowest BCUT2D eigenvalue weighted by molar-refractivity contribution is -0.126. The lowest BCUT2D eigenvalue weighted by Gasteiger charge is -2.39. The van der Waals surface area contributed by atoms with Crippen LogP contribution in [0.25, 0.3) is 0 Å². The van der Waals surface area contributed by atoms with Crippen molar-refractivity contribution >= 4 is 30.5 Å². The maximum Gasteiger partial charge on any atom is 0.279 e. The molecule has 2 atom stereocenters. The highest BCUT2D eigenvalue weighted by Crippen LogP contribution is 2.44. The first-order valence-corrected chi connectivity index (χ1v) is 7.71. The topological polar surface area (TPSA) is 56.5 Å². The van der Waals surface area contributed by atoms with Crippen molar-refractivity contribution in [2.75, 3.05) is 5.01 Å². The first kappa shape index (κ1) is 16.6. The quantitative estimate of drug-likeness (QED) is 0.782. The van der Waals surface area contributed by atoms with Crippen molar-refractivity contribution in [3.05, 3.63) is 23.8 Å². The summed E-state index contributed by atoms with van der Waals surface area (Å²) in [7, 11) is 5.83. The number of nitrogens with zero attached hydrogens (tertiary/aromatic N) is 3. The van der Waals surface area contributed by atoms with Crippen molar-refractivity contribution < 1.29 is 13.6 Å². The van der Waals surface area contributed by atoms with Gasteiger partial charge in [-0.15, -0.1) is 0 Å². The van der Waals surface area contributed by atoms with E-state index in [4.69, 9.17) is 13.1 Å². The summed E-state index contributed by atoms with van der Waals surface area (Å²) in [5.41, 5.74) is 0.439. The minimum Gasteiger partial charge on any atom is -0.299 e. The van der Waals surface area contributed by atoms with Gasteiger partial charge < -0.3 is 0 Å². The van der Waals surface area contributed by atoms with Gasteiger partial charge >= 0.3 is 0 Å². The lowest BCUT2D eigenvalue weighted by atomic mass is 9.68. The summed E-state index contributed by atoms with van der Waals surface area (Å²) in [5, 5.41) is 14.5. The Morgan fingerprint density at radius 2 is 2.17 bits per heavy atom. The van der Waals surface area contributed by atoms with Crippen LogP contribution in [-0.2, 0) is 4.79 Å². The van der Waals surface area contributed by atoms with Crippen molar-refractivity contribution in [3.63, 3.8) is 0 Å². The number of ketones is 1. The molecule has 2 aliphatic rings. The number of halogens is 2. The van der Waals surface area contributed by atoms with E-state index in [9.17, 15) is 13.6 Å². The van der Waals surface area contributed by atoms with Crippen molar-refractivity contribution in [1.29, 1.82) is 5.26 Å². The molecule has 2 unspecified atom stereocenters.